The van der Waals surface area contributed by atoms with Crippen molar-refractivity contribution in [1.82, 2.24) is 0 Å². The number of hydrogen-bond acceptors (Lipinski definition) is 4. The molecule has 0 radical (unpaired) electrons. The van der Waals surface area contributed by atoms with Gasteiger partial charge >= 0.3 is 259 Å². The Balaban J connectivity index is 1.83. The molecule has 0 atom stereocenters. The summed E-state index contributed by atoms with van der Waals surface area (Å²) < 4.78 is 43.7. The van der Waals surface area contributed by atoms with Crippen LogP contribution in [0.5, 0.6) is 0 Å². The van der Waals surface area contributed by atoms with Gasteiger partial charge in [0.05, 0.1) is 0 Å². The number of halogens is 2. The topological polar surface area (TPSA) is 52.6 Å². The third-order valence-electron chi connectivity index (χ3n) is 7.44. The van der Waals surface area contributed by atoms with Gasteiger partial charge in [0.2, 0.25) is 0 Å². The molecule has 0 saturated heterocycles. The van der Waals surface area contributed by atoms with Crippen molar-refractivity contribution >= 4 is 40.7 Å². The number of benzene rings is 5. The van der Waals surface area contributed by atoms with E-state index in [0.717, 1.165) is 16.7 Å². The van der Waals surface area contributed by atoms with Gasteiger partial charge in [0.15, 0.2) is 0 Å². The normalized spacial score (nSPS) is 12.2. The summed E-state index contributed by atoms with van der Waals surface area (Å²) in [5, 5.41) is 0. The molecule has 0 aliphatic rings. The van der Waals surface area contributed by atoms with Crippen molar-refractivity contribution in [1.29, 1.82) is 0 Å². The quantitative estimate of drug-likeness (QED) is 0.180. The van der Waals surface area contributed by atoms with E-state index in [9.17, 15) is 18.4 Å². The van der Waals surface area contributed by atoms with Crippen molar-refractivity contribution in [3.05, 3.63) is 161 Å². The molecule has 0 N–H and O–H groups in total. The van der Waals surface area contributed by atoms with E-state index in [1.54, 1.807) is 12.1 Å². The first-order valence-corrected chi connectivity index (χ1v) is 20.2. The minimum atomic E-state index is -6.19. The summed E-state index contributed by atoms with van der Waals surface area (Å²) in [6, 6.07) is 34.1. The zero-order valence-electron chi connectivity index (χ0n) is 24.8. The molecule has 0 saturated carbocycles. The summed E-state index contributed by atoms with van der Waals surface area (Å²) in [5.41, 5.74) is 3.48. The van der Waals surface area contributed by atoms with E-state index in [2.05, 4.69) is 0 Å². The zero-order valence-corrected chi connectivity index (χ0v) is 27.4. The van der Waals surface area contributed by atoms with Gasteiger partial charge in [0.1, 0.15) is 0 Å². The second-order valence-electron chi connectivity index (χ2n) is 11.0. The van der Waals surface area contributed by atoms with Crippen molar-refractivity contribution in [3.63, 3.8) is 0 Å². The molecule has 0 bridgehead atoms. The van der Waals surface area contributed by atoms with Crippen LogP contribution in [0.4, 0.5) is 8.78 Å². The molecule has 7 heteroatoms. The molecule has 0 aliphatic carbocycles. The molecule has 224 valence electrons. The van der Waals surface area contributed by atoms with E-state index in [0.29, 0.717) is 21.7 Å². The van der Waals surface area contributed by atoms with Crippen molar-refractivity contribution < 1.29 is 24.4 Å². The monoisotopic (exact) mass is 700 g/mol. The number of carbonyl (C=O) groups is 2. The van der Waals surface area contributed by atoms with Crippen LogP contribution in [-0.4, -0.2) is 30.2 Å². The molecule has 0 amide bonds. The van der Waals surface area contributed by atoms with E-state index < -0.39 is 41.8 Å². The summed E-state index contributed by atoms with van der Waals surface area (Å²) >= 11 is -6.19. The fraction of sp³-hybridized carbons (Fsp3) is 0.135. The second kappa shape index (κ2) is 12.8. The molecule has 0 fully saturated rings. The van der Waals surface area contributed by atoms with Crippen LogP contribution in [0.15, 0.2) is 121 Å². The van der Waals surface area contributed by atoms with Crippen LogP contribution in [0.25, 0.3) is 0 Å². The van der Waals surface area contributed by atoms with Gasteiger partial charge in [-0.15, -0.1) is 0 Å². The van der Waals surface area contributed by atoms with E-state index in [-0.39, 0.29) is 12.8 Å². The number of aryl methyl sites for hydroxylation is 3. The summed E-state index contributed by atoms with van der Waals surface area (Å²) in [7, 11) is 0. The average Bonchev–Trinajstić information content (AvgIpc) is 2.97. The Labute approximate surface area is 258 Å². The Morgan fingerprint density at radius 2 is 0.864 bits per heavy atom. The van der Waals surface area contributed by atoms with Crippen LogP contribution in [0.2, 0.25) is 0 Å². The van der Waals surface area contributed by atoms with Gasteiger partial charge < -0.3 is 0 Å². The van der Waals surface area contributed by atoms with Gasteiger partial charge in [-0.2, -0.15) is 0 Å². The van der Waals surface area contributed by atoms with Gasteiger partial charge in [-0.1, -0.05) is 0 Å². The van der Waals surface area contributed by atoms with Crippen molar-refractivity contribution in [2.24, 2.45) is 0 Å². The summed E-state index contributed by atoms with van der Waals surface area (Å²) in [6.45, 7) is 5.76. The van der Waals surface area contributed by atoms with Crippen LogP contribution in [0.3, 0.4) is 0 Å². The predicted octanol–water partition coefficient (Wildman–Crippen LogP) is 5.88. The Hall–Kier alpha value is -4.28. The first-order chi connectivity index (χ1) is 21.1. The molecule has 5 rings (SSSR count). The van der Waals surface area contributed by atoms with Gasteiger partial charge in [-0.05, 0) is 0 Å². The Bertz CT molecular complexity index is 1670. The van der Waals surface area contributed by atoms with Crippen LogP contribution in [-0.2, 0) is 28.5 Å². The first-order valence-electron chi connectivity index (χ1n) is 14.3. The molecule has 0 heterocycles. The number of carbonyl (C=O) groups excluding carboxylic acids is 2. The molecule has 44 heavy (non-hydrogen) atoms. The maximum atomic E-state index is 14.2. The van der Waals surface area contributed by atoms with Gasteiger partial charge in [0.25, 0.3) is 0 Å². The summed E-state index contributed by atoms with van der Waals surface area (Å²) in [5.74, 6) is -2.28. The van der Waals surface area contributed by atoms with Gasteiger partial charge in [-0.3, -0.25) is 0 Å². The molecular formula is C37H33F2O4Sb. The average molecular weight is 701 g/mol. The zero-order chi connectivity index (χ0) is 31.3. The van der Waals surface area contributed by atoms with E-state index in [1.807, 2.05) is 93.6 Å². The molecule has 5 aromatic rings. The minimum absolute atomic E-state index is 0.246. The predicted molar refractivity (Wildman–Crippen MR) is 171 cm³/mol. The third kappa shape index (κ3) is 6.32. The van der Waals surface area contributed by atoms with Gasteiger partial charge in [-0.25, -0.2) is 0 Å². The number of hydrogen-bond donors (Lipinski definition) is 0. The van der Waals surface area contributed by atoms with Crippen molar-refractivity contribution in [3.8, 4) is 0 Å². The SMILES string of the molecule is Cc1ccc[c]([Sb]([O]C(=O)Cc2cccc(F)c2)([O]C(=O)Cc2cccc(F)c2)([c]2cccc(C)c2)[c]2cccc(C)c2)c1. The van der Waals surface area contributed by atoms with Crippen LogP contribution >= 0.6 is 0 Å². The molecule has 0 aromatic heterocycles. The van der Waals surface area contributed by atoms with E-state index in [4.69, 9.17) is 6.03 Å². The molecule has 0 spiro atoms. The Morgan fingerprint density at radius 1 is 0.523 bits per heavy atom. The van der Waals surface area contributed by atoms with Crippen LogP contribution < -0.4 is 10.5 Å². The maximum absolute atomic E-state index is 14.2. The third-order valence-corrected chi connectivity index (χ3v) is 21.0. The first kappa shape index (κ1) is 31.2. The summed E-state index contributed by atoms with van der Waals surface area (Å²) in [6.07, 6.45) is -0.491. The Kier molecular flexibility index (Phi) is 9.03. The Morgan fingerprint density at radius 3 is 1.18 bits per heavy atom. The fourth-order valence-corrected chi connectivity index (χ4v) is 19.4. The van der Waals surface area contributed by atoms with E-state index >= 15 is 0 Å². The van der Waals surface area contributed by atoms with Crippen molar-refractivity contribution in [2.45, 2.75) is 33.6 Å². The molecule has 4 nitrogen and oxygen atoms in total. The summed E-state index contributed by atoms with van der Waals surface area (Å²) in [4.78, 5) is 28.3. The second-order valence-corrected chi connectivity index (χ2v) is 21.9. The van der Waals surface area contributed by atoms with Crippen molar-refractivity contribution in [2.75, 3.05) is 0 Å². The van der Waals surface area contributed by atoms with Crippen LogP contribution in [0.1, 0.15) is 27.8 Å². The fourth-order valence-electron chi connectivity index (χ4n) is 5.50. The number of rotatable bonds is 9. The molecular weight excluding hydrogens is 668 g/mol. The van der Waals surface area contributed by atoms with E-state index in [1.165, 1.54) is 36.4 Å². The van der Waals surface area contributed by atoms with Crippen LogP contribution in [0, 0.1) is 32.4 Å². The standard InChI is InChI=1S/2C8H7FO2.3C7H7.Sb/c2*9-7-3-1-2-6(4-7)5-8(10)11;3*1-7-5-3-2-4-6-7;/h2*1-4H,5H2,(H,10,11);3*2-3,5-6H,1H3;/q;;;;;+2/p-2. The van der Waals surface area contributed by atoms with Gasteiger partial charge in [0, 0.05) is 0 Å². The molecule has 5 aromatic carbocycles. The molecule has 0 aliphatic heterocycles. The molecule has 0 unspecified atom stereocenters.